The summed E-state index contributed by atoms with van der Waals surface area (Å²) in [5.41, 5.74) is 8.25. The first kappa shape index (κ1) is 12.4. The minimum absolute atomic E-state index is 0.0758. The molecule has 0 heterocycles. The number of aryl methyl sites for hydroxylation is 1. The zero-order valence-corrected chi connectivity index (χ0v) is 11.5. The molecule has 3 nitrogen and oxygen atoms in total. The Labute approximate surface area is 110 Å². The van der Waals surface area contributed by atoms with Crippen molar-refractivity contribution in [3.8, 4) is 0 Å². The monoisotopic (exact) mass is 296 g/mol. The third-order valence-corrected chi connectivity index (χ3v) is 3.75. The van der Waals surface area contributed by atoms with Crippen molar-refractivity contribution in [2.45, 2.75) is 32.6 Å². The molecular weight excluding hydrogens is 280 g/mol. The van der Waals surface area contributed by atoms with Crippen LogP contribution in [-0.2, 0) is 4.79 Å². The number of halogens is 1. The maximum atomic E-state index is 11.8. The minimum atomic E-state index is 0.0758. The number of nitrogen functional groups attached to an aromatic ring is 1. The van der Waals surface area contributed by atoms with Crippen molar-refractivity contribution in [3.05, 3.63) is 22.2 Å². The molecule has 1 aliphatic carbocycles. The molecule has 2 rings (SSSR count). The SMILES string of the molecule is Cc1cc(Br)cc(N)c1NC(=O)CC1CCC1. The lowest BCUT2D eigenvalue weighted by molar-refractivity contribution is -0.117. The van der Waals surface area contributed by atoms with Crippen LogP contribution in [0.3, 0.4) is 0 Å². The number of amides is 1. The quantitative estimate of drug-likeness (QED) is 0.839. The van der Waals surface area contributed by atoms with Crippen LogP contribution in [0.1, 0.15) is 31.2 Å². The minimum Gasteiger partial charge on any atom is -0.397 e. The average Bonchev–Trinajstić information content (AvgIpc) is 2.17. The Morgan fingerprint density at radius 2 is 2.24 bits per heavy atom. The number of hydrogen-bond acceptors (Lipinski definition) is 2. The number of rotatable bonds is 3. The molecule has 1 aliphatic rings. The number of benzene rings is 1. The molecule has 3 N–H and O–H groups in total. The van der Waals surface area contributed by atoms with Crippen molar-refractivity contribution in [3.63, 3.8) is 0 Å². The van der Waals surface area contributed by atoms with Crippen molar-refractivity contribution in [2.75, 3.05) is 11.1 Å². The molecule has 4 heteroatoms. The van der Waals surface area contributed by atoms with Crippen molar-refractivity contribution in [1.29, 1.82) is 0 Å². The lowest BCUT2D eigenvalue weighted by Crippen LogP contribution is -2.21. The summed E-state index contributed by atoms with van der Waals surface area (Å²) in [6, 6.07) is 3.77. The lowest BCUT2D eigenvalue weighted by atomic mass is 9.83. The zero-order valence-electron chi connectivity index (χ0n) is 9.92. The average molecular weight is 297 g/mol. The molecule has 0 atom stereocenters. The van der Waals surface area contributed by atoms with Gasteiger partial charge in [0.2, 0.25) is 5.91 Å². The molecular formula is C13H17BrN2O. The summed E-state index contributed by atoms with van der Waals surface area (Å²) in [6.45, 7) is 1.94. The van der Waals surface area contributed by atoms with Crippen LogP contribution in [-0.4, -0.2) is 5.91 Å². The van der Waals surface area contributed by atoms with E-state index in [0.717, 1.165) is 15.7 Å². The maximum absolute atomic E-state index is 11.8. The van der Waals surface area contributed by atoms with Crippen molar-refractivity contribution >= 4 is 33.2 Å². The van der Waals surface area contributed by atoms with E-state index in [1.165, 1.54) is 19.3 Å². The Bertz CT molecular complexity index is 418. The van der Waals surface area contributed by atoms with Crippen LogP contribution in [0.15, 0.2) is 16.6 Å². The van der Waals surface area contributed by atoms with Crippen molar-refractivity contribution in [1.82, 2.24) is 0 Å². The van der Waals surface area contributed by atoms with Gasteiger partial charge >= 0.3 is 0 Å². The number of nitrogens with one attached hydrogen (secondary N) is 1. The Kier molecular flexibility index (Phi) is 3.72. The molecule has 0 spiro atoms. The summed E-state index contributed by atoms with van der Waals surface area (Å²) in [5.74, 6) is 0.652. The van der Waals surface area contributed by atoms with Gasteiger partial charge in [-0.3, -0.25) is 4.79 Å². The van der Waals surface area contributed by atoms with Crippen LogP contribution in [0.5, 0.6) is 0 Å². The molecule has 1 saturated carbocycles. The summed E-state index contributed by atoms with van der Waals surface area (Å²) in [4.78, 5) is 11.8. The Balaban J connectivity index is 2.04. The van der Waals surface area contributed by atoms with E-state index >= 15 is 0 Å². The predicted octanol–water partition coefficient (Wildman–Crippen LogP) is 3.47. The van der Waals surface area contributed by atoms with E-state index in [1.54, 1.807) is 0 Å². The van der Waals surface area contributed by atoms with Crippen molar-refractivity contribution in [2.24, 2.45) is 5.92 Å². The number of anilines is 2. The Hall–Kier alpha value is -1.03. The number of nitrogens with two attached hydrogens (primary N) is 1. The zero-order chi connectivity index (χ0) is 12.4. The predicted molar refractivity (Wildman–Crippen MR) is 73.9 cm³/mol. The number of carbonyl (C=O) groups is 1. The van der Waals surface area contributed by atoms with E-state index in [4.69, 9.17) is 5.73 Å². The number of hydrogen-bond donors (Lipinski definition) is 2. The van der Waals surface area contributed by atoms with Gasteiger partial charge in [0.05, 0.1) is 11.4 Å². The standard InChI is InChI=1S/C13H17BrN2O/c1-8-5-10(14)7-11(15)13(8)16-12(17)6-9-3-2-4-9/h5,7,9H,2-4,6,15H2,1H3,(H,16,17). The maximum Gasteiger partial charge on any atom is 0.224 e. The molecule has 0 bridgehead atoms. The van der Waals surface area contributed by atoms with Gasteiger partial charge in [-0.2, -0.15) is 0 Å². The van der Waals surface area contributed by atoms with Gasteiger partial charge < -0.3 is 11.1 Å². The second kappa shape index (κ2) is 5.08. The Morgan fingerprint density at radius 1 is 1.53 bits per heavy atom. The molecule has 1 aromatic carbocycles. The summed E-state index contributed by atoms with van der Waals surface area (Å²) >= 11 is 3.38. The fraction of sp³-hybridized carbons (Fsp3) is 0.462. The van der Waals surface area contributed by atoms with Gasteiger partial charge in [0, 0.05) is 10.9 Å². The highest BCUT2D eigenvalue weighted by Crippen LogP contribution is 2.31. The van der Waals surface area contributed by atoms with Gasteiger partial charge in [0.1, 0.15) is 0 Å². The van der Waals surface area contributed by atoms with E-state index in [2.05, 4.69) is 21.2 Å². The fourth-order valence-corrected chi connectivity index (χ4v) is 2.68. The van der Waals surface area contributed by atoms with E-state index in [1.807, 2.05) is 19.1 Å². The third-order valence-electron chi connectivity index (χ3n) is 3.29. The fourth-order valence-electron chi connectivity index (χ4n) is 2.09. The molecule has 0 aromatic heterocycles. The van der Waals surface area contributed by atoms with Crippen molar-refractivity contribution < 1.29 is 4.79 Å². The molecule has 92 valence electrons. The topological polar surface area (TPSA) is 55.1 Å². The molecule has 1 amide bonds. The van der Waals surface area contributed by atoms with E-state index in [9.17, 15) is 4.79 Å². The van der Waals surface area contributed by atoms with E-state index < -0.39 is 0 Å². The highest BCUT2D eigenvalue weighted by molar-refractivity contribution is 9.10. The van der Waals surface area contributed by atoms with Gasteiger partial charge in [-0.25, -0.2) is 0 Å². The van der Waals surface area contributed by atoms with Gasteiger partial charge in [0.15, 0.2) is 0 Å². The first-order valence-electron chi connectivity index (χ1n) is 5.91. The van der Waals surface area contributed by atoms with Crippen LogP contribution in [0.2, 0.25) is 0 Å². The first-order chi connectivity index (χ1) is 8.06. The molecule has 0 saturated heterocycles. The molecule has 0 unspecified atom stereocenters. The normalized spacial score (nSPS) is 15.4. The van der Waals surface area contributed by atoms with Crippen LogP contribution in [0.25, 0.3) is 0 Å². The number of carbonyl (C=O) groups excluding carboxylic acids is 1. The largest absolute Gasteiger partial charge is 0.397 e. The molecule has 1 aromatic rings. The summed E-state index contributed by atoms with van der Waals surface area (Å²) in [7, 11) is 0. The van der Waals surface area contributed by atoms with Gasteiger partial charge in [-0.1, -0.05) is 22.4 Å². The molecule has 17 heavy (non-hydrogen) atoms. The van der Waals surface area contributed by atoms with E-state index in [0.29, 0.717) is 18.0 Å². The molecule has 0 radical (unpaired) electrons. The van der Waals surface area contributed by atoms with Gasteiger partial charge in [-0.05, 0) is 43.4 Å². The second-order valence-electron chi connectivity index (χ2n) is 4.74. The highest BCUT2D eigenvalue weighted by Gasteiger charge is 2.21. The van der Waals surface area contributed by atoms with Gasteiger partial charge in [0.25, 0.3) is 0 Å². The third kappa shape index (κ3) is 3.00. The molecule has 1 fully saturated rings. The van der Waals surface area contributed by atoms with Crippen LogP contribution in [0, 0.1) is 12.8 Å². The highest BCUT2D eigenvalue weighted by atomic mass is 79.9. The summed E-state index contributed by atoms with van der Waals surface area (Å²) in [6.07, 6.45) is 4.25. The first-order valence-corrected chi connectivity index (χ1v) is 6.71. The Morgan fingerprint density at radius 3 is 2.76 bits per heavy atom. The lowest BCUT2D eigenvalue weighted by Gasteiger charge is -2.24. The van der Waals surface area contributed by atoms with Crippen LogP contribution >= 0.6 is 15.9 Å². The van der Waals surface area contributed by atoms with Crippen LogP contribution in [0.4, 0.5) is 11.4 Å². The summed E-state index contributed by atoms with van der Waals surface area (Å²) < 4.78 is 0.935. The molecule has 0 aliphatic heterocycles. The summed E-state index contributed by atoms with van der Waals surface area (Å²) in [5, 5.41) is 2.92. The smallest absolute Gasteiger partial charge is 0.224 e. The second-order valence-corrected chi connectivity index (χ2v) is 5.65. The van der Waals surface area contributed by atoms with Gasteiger partial charge in [-0.15, -0.1) is 0 Å². The van der Waals surface area contributed by atoms with E-state index in [-0.39, 0.29) is 5.91 Å². The van der Waals surface area contributed by atoms with Crippen LogP contribution < -0.4 is 11.1 Å².